The predicted molar refractivity (Wildman–Crippen MR) is 126 cm³/mol. The van der Waals surface area contributed by atoms with Crippen LogP contribution in [-0.2, 0) is 11.3 Å². The quantitative estimate of drug-likeness (QED) is 0.452. The molecule has 1 unspecified atom stereocenters. The minimum absolute atomic E-state index is 0.133. The fourth-order valence-corrected chi connectivity index (χ4v) is 5.18. The third-order valence-electron chi connectivity index (χ3n) is 5.47. The van der Waals surface area contributed by atoms with Gasteiger partial charge in [-0.15, -0.1) is 0 Å². The van der Waals surface area contributed by atoms with Crippen LogP contribution in [0.4, 0.5) is 0 Å². The molecule has 2 aromatic carbocycles. The number of amides is 1. The first-order valence-electron chi connectivity index (χ1n) is 10.2. The van der Waals surface area contributed by atoms with Gasteiger partial charge in [-0.1, -0.05) is 53.7 Å². The molecule has 2 aromatic heterocycles. The molecule has 1 aliphatic rings. The highest BCUT2D eigenvalue weighted by Crippen LogP contribution is 2.33. The molecule has 4 aromatic rings. The van der Waals surface area contributed by atoms with Crippen LogP contribution >= 0.6 is 23.4 Å². The van der Waals surface area contributed by atoms with Gasteiger partial charge in [0.25, 0.3) is 5.56 Å². The molecule has 0 bridgehead atoms. The lowest BCUT2D eigenvalue weighted by Crippen LogP contribution is -2.30. The van der Waals surface area contributed by atoms with Crippen molar-refractivity contribution in [2.24, 2.45) is 0 Å². The molecule has 0 saturated carbocycles. The van der Waals surface area contributed by atoms with E-state index < -0.39 is 0 Å². The van der Waals surface area contributed by atoms with Crippen LogP contribution in [0, 0.1) is 6.92 Å². The summed E-state index contributed by atoms with van der Waals surface area (Å²) in [4.78, 5) is 30.6. The molecule has 3 heterocycles. The molecule has 32 heavy (non-hydrogen) atoms. The van der Waals surface area contributed by atoms with Gasteiger partial charge in [0.1, 0.15) is 5.39 Å². The van der Waals surface area contributed by atoms with Crippen molar-refractivity contribution in [1.29, 1.82) is 0 Å². The molecule has 1 atom stereocenters. The Kier molecular flexibility index (Phi) is 5.48. The summed E-state index contributed by atoms with van der Waals surface area (Å²) in [5.74, 6) is 0.484. The number of rotatable bonds is 5. The normalized spacial score (nSPS) is 15.1. The number of nitrogens with one attached hydrogen (secondary N) is 1. The van der Waals surface area contributed by atoms with Crippen molar-refractivity contribution in [3.8, 4) is 5.69 Å². The summed E-state index contributed by atoms with van der Waals surface area (Å²) in [6, 6.07) is 15.0. The number of carbonyl (C=O) groups is 1. The largest absolute Gasteiger partial charge is 0.352 e. The molecule has 7 nitrogen and oxygen atoms in total. The number of hydrogen-bond donors (Lipinski definition) is 1. The van der Waals surface area contributed by atoms with E-state index in [-0.39, 0.29) is 23.9 Å². The van der Waals surface area contributed by atoms with E-state index >= 15 is 0 Å². The van der Waals surface area contributed by atoms with Crippen LogP contribution in [0.2, 0.25) is 5.02 Å². The Balaban J connectivity index is 1.39. The van der Waals surface area contributed by atoms with Crippen LogP contribution in [0.5, 0.6) is 0 Å². The maximum absolute atomic E-state index is 13.3. The molecular weight excluding hydrogens is 446 g/mol. The van der Waals surface area contributed by atoms with Gasteiger partial charge >= 0.3 is 0 Å². The summed E-state index contributed by atoms with van der Waals surface area (Å²) in [5, 5.41) is 8.97. The highest BCUT2D eigenvalue weighted by atomic mass is 35.5. The molecule has 1 aliphatic heterocycles. The van der Waals surface area contributed by atoms with E-state index in [9.17, 15) is 9.59 Å². The molecule has 162 valence electrons. The second kappa shape index (κ2) is 8.44. The summed E-state index contributed by atoms with van der Waals surface area (Å²) < 4.78 is 3.32. The summed E-state index contributed by atoms with van der Waals surface area (Å²) in [5.41, 5.74) is 3.17. The van der Waals surface area contributed by atoms with Crippen LogP contribution in [0.3, 0.4) is 0 Å². The molecule has 0 spiro atoms. The Labute approximate surface area is 193 Å². The molecule has 0 aliphatic carbocycles. The van der Waals surface area contributed by atoms with Gasteiger partial charge in [0.05, 0.1) is 17.9 Å². The highest BCUT2D eigenvalue weighted by Gasteiger charge is 2.29. The zero-order chi connectivity index (χ0) is 22.2. The van der Waals surface area contributed by atoms with Crippen LogP contribution in [0.15, 0.2) is 64.7 Å². The maximum atomic E-state index is 13.3. The topological polar surface area (TPSA) is 81.8 Å². The fraction of sp³-hybridized carbons (Fsp3) is 0.217. The second-order valence-corrected chi connectivity index (χ2v) is 9.13. The van der Waals surface area contributed by atoms with Crippen LogP contribution in [-0.4, -0.2) is 31.0 Å². The average molecular weight is 466 g/mol. The number of aromatic nitrogens is 4. The van der Waals surface area contributed by atoms with E-state index in [0.717, 1.165) is 16.8 Å². The lowest BCUT2D eigenvalue weighted by Gasteiger charge is -2.14. The number of aryl methyl sites for hydroxylation is 1. The van der Waals surface area contributed by atoms with Crippen molar-refractivity contribution < 1.29 is 4.79 Å². The Bertz CT molecular complexity index is 1400. The number of halogens is 1. The number of thioether (sulfide) groups is 1. The Morgan fingerprint density at radius 3 is 2.91 bits per heavy atom. The first kappa shape index (κ1) is 20.8. The van der Waals surface area contributed by atoms with Gasteiger partial charge in [-0.25, -0.2) is 9.67 Å². The van der Waals surface area contributed by atoms with Crippen molar-refractivity contribution in [3.63, 3.8) is 0 Å². The Morgan fingerprint density at radius 1 is 1.25 bits per heavy atom. The first-order chi connectivity index (χ1) is 15.5. The van der Waals surface area contributed by atoms with E-state index in [4.69, 9.17) is 16.6 Å². The highest BCUT2D eigenvalue weighted by molar-refractivity contribution is 7.99. The van der Waals surface area contributed by atoms with Crippen molar-refractivity contribution >= 4 is 40.3 Å². The van der Waals surface area contributed by atoms with Gasteiger partial charge in [0, 0.05) is 23.7 Å². The maximum Gasteiger partial charge on any atom is 0.265 e. The molecule has 1 amide bonds. The summed E-state index contributed by atoms with van der Waals surface area (Å²) in [6.45, 7) is 2.35. The van der Waals surface area contributed by atoms with Gasteiger partial charge in [-0.05, 0) is 36.2 Å². The standard InChI is InChI=1S/C23H20ClN5O2S/c1-14-5-4-7-16(9-14)29-21-18(12-26-29)22(31)28-17(13-32-23(28)27-21)10-20(30)25-11-15-6-2-3-8-19(15)24/h2-9,12,17H,10-11,13H2,1H3,(H,25,30). The fourth-order valence-electron chi connectivity index (χ4n) is 3.85. The Hall–Kier alpha value is -3.10. The molecule has 0 fully saturated rings. The van der Waals surface area contributed by atoms with E-state index in [2.05, 4.69) is 10.4 Å². The number of carbonyl (C=O) groups excluding carboxylic acids is 1. The van der Waals surface area contributed by atoms with Gasteiger partial charge in [-0.2, -0.15) is 5.10 Å². The zero-order valence-electron chi connectivity index (χ0n) is 17.3. The van der Waals surface area contributed by atoms with Crippen molar-refractivity contribution in [1.82, 2.24) is 24.6 Å². The molecule has 1 N–H and O–H groups in total. The predicted octanol–water partition coefficient (Wildman–Crippen LogP) is 3.90. The van der Waals surface area contributed by atoms with Crippen LogP contribution in [0.1, 0.15) is 23.6 Å². The lowest BCUT2D eigenvalue weighted by molar-refractivity contribution is -0.121. The second-order valence-electron chi connectivity index (χ2n) is 7.74. The molecule has 0 radical (unpaired) electrons. The van der Waals surface area contributed by atoms with Gasteiger partial charge in [0.2, 0.25) is 5.91 Å². The van der Waals surface area contributed by atoms with E-state index in [1.165, 1.54) is 11.8 Å². The molecule has 9 heteroatoms. The summed E-state index contributed by atoms with van der Waals surface area (Å²) in [6.07, 6.45) is 1.75. The Morgan fingerprint density at radius 2 is 2.09 bits per heavy atom. The summed E-state index contributed by atoms with van der Waals surface area (Å²) >= 11 is 7.64. The van der Waals surface area contributed by atoms with Crippen molar-refractivity contribution in [3.05, 3.63) is 81.2 Å². The zero-order valence-corrected chi connectivity index (χ0v) is 18.9. The van der Waals surface area contributed by atoms with E-state index in [0.29, 0.717) is 33.5 Å². The number of nitrogens with zero attached hydrogens (tertiary/aromatic N) is 4. The van der Waals surface area contributed by atoms with E-state index in [1.807, 2.05) is 49.4 Å². The minimum Gasteiger partial charge on any atom is -0.352 e. The summed E-state index contributed by atoms with van der Waals surface area (Å²) in [7, 11) is 0. The third-order valence-corrected chi connectivity index (χ3v) is 6.94. The van der Waals surface area contributed by atoms with E-state index in [1.54, 1.807) is 21.5 Å². The van der Waals surface area contributed by atoms with Gasteiger partial charge < -0.3 is 5.32 Å². The molecule has 5 rings (SSSR count). The third kappa shape index (κ3) is 3.80. The average Bonchev–Trinajstić information content (AvgIpc) is 3.38. The monoisotopic (exact) mass is 465 g/mol. The number of fused-ring (bicyclic) bond motifs is 2. The van der Waals surface area contributed by atoms with Crippen molar-refractivity contribution in [2.45, 2.75) is 31.1 Å². The SMILES string of the molecule is Cc1cccc(-n2ncc3c(=O)n4c(nc32)SCC4CC(=O)NCc2ccccc2Cl)c1. The molecule has 0 saturated heterocycles. The first-order valence-corrected chi connectivity index (χ1v) is 11.6. The number of benzene rings is 2. The smallest absolute Gasteiger partial charge is 0.265 e. The lowest BCUT2D eigenvalue weighted by atomic mass is 10.2. The minimum atomic E-state index is -0.257. The van der Waals surface area contributed by atoms with Crippen molar-refractivity contribution in [2.75, 3.05) is 5.75 Å². The van der Waals surface area contributed by atoms with Crippen LogP contribution < -0.4 is 10.9 Å². The van der Waals surface area contributed by atoms with Gasteiger partial charge in [-0.3, -0.25) is 14.2 Å². The molecular formula is C23H20ClN5O2S. The van der Waals surface area contributed by atoms with Crippen LogP contribution in [0.25, 0.3) is 16.7 Å². The van der Waals surface area contributed by atoms with Gasteiger partial charge in [0.15, 0.2) is 10.8 Å². The number of hydrogen-bond acceptors (Lipinski definition) is 5.